The number of rotatable bonds is 8. The van der Waals surface area contributed by atoms with Crippen molar-refractivity contribution >= 4 is 40.2 Å². The zero-order chi connectivity index (χ0) is 28.3. The third kappa shape index (κ3) is 5.89. The van der Waals surface area contributed by atoms with Crippen molar-refractivity contribution in [2.24, 2.45) is 10.9 Å². The summed E-state index contributed by atoms with van der Waals surface area (Å²) in [5.41, 5.74) is 7.51. The Morgan fingerprint density at radius 2 is 1.85 bits per heavy atom. The fraction of sp³-hybridized carbons (Fsp3) is 0.229. The average molecular weight is 659 g/mol. The molecule has 0 spiro atoms. The smallest absolute Gasteiger partial charge is 0.175 e. The van der Waals surface area contributed by atoms with Crippen molar-refractivity contribution in [3.05, 3.63) is 128 Å². The average Bonchev–Trinajstić information content (AvgIpc) is 3.47. The van der Waals surface area contributed by atoms with Gasteiger partial charge in [0.15, 0.2) is 11.5 Å². The molecule has 4 nitrogen and oxygen atoms in total. The highest BCUT2D eigenvalue weighted by Gasteiger charge is 2.37. The van der Waals surface area contributed by atoms with Crippen LogP contribution >= 0.6 is 22.6 Å². The van der Waals surface area contributed by atoms with E-state index in [0.29, 0.717) is 35.5 Å². The summed E-state index contributed by atoms with van der Waals surface area (Å²) in [7, 11) is 0. The van der Waals surface area contributed by atoms with Gasteiger partial charge in [-0.25, -0.2) is 4.39 Å². The zero-order valence-electron chi connectivity index (χ0n) is 23.1. The van der Waals surface area contributed by atoms with Crippen LogP contribution in [-0.4, -0.2) is 12.8 Å². The van der Waals surface area contributed by atoms with Gasteiger partial charge in [0.1, 0.15) is 12.4 Å². The largest absolute Gasteiger partial charge is 0.490 e. The van der Waals surface area contributed by atoms with E-state index in [1.165, 1.54) is 28.4 Å². The molecule has 1 aliphatic carbocycles. The molecular weight excluding hydrogens is 626 g/mol. The van der Waals surface area contributed by atoms with E-state index in [4.69, 9.17) is 14.5 Å². The molecule has 1 N–H and O–H groups in total. The second-order valence-electron chi connectivity index (χ2n) is 10.6. The van der Waals surface area contributed by atoms with Gasteiger partial charge < -0.3 is 14.8 Å². The van der Waals surface area contributed by atoms with E-state index < -0.39 is 0 Å². The normalized spacial score (nSPS) is 19.1. The van der Waals surface area contributed by atoms with Crippen LogP contribution < -0.4 is 14.8 Å². The Labute approximate surface area is 254 Å². The molecule has 0 bridgehead atoms. The van der Waals surface area contributed by atoms with E-state index in [2.05, 4.69) is 89.4 Å². The first-order valence-electron chi connectivity index (χ1n) is 14.0. The summed E-state index contributed by atoms with van der Waals surface area (Å²) < 4.78 is 26.9. The van der Waals surface area contributed by atoms with Crippen molar-refractivity contribution in [1.29, 1.82) is 0 Å². The van der Waals surface area contributed by atoms with Crippen LogP contribution in [0.4, 0.5) is 15.8 Å². The van der Waals surface area contributed by atoms with E-state index in [-0.39, 0.29) is 18.5 Å². The number of hydrogen-bond donors (Lipinski definition) is 1. The van der Waals surface area contributed by atoms with Crippen molar-refractivity contribution in [2.45, 2.75) is 38.8 Å². The van der Waals surface area contributed by atoms with Gasteiger partial charge in [-0.3, -0.25) is 4.99 Å². The SMILES string of the molecule is CCOc1cc(C=Nc2ccc([C@@H]3Nc4ccc(C)cc4[C@@H]4C=CC[C@@H]43)cc2)cc(I)c1OCc1ccccc1F. The van der Waals surface area contributed by atoms with Crippen LogP contribution in [0.5, 0.6) is 11.5 Å². The third-order valence-electron chi connectivity index (χ3n) is 7.79. The molecule has 41 heavy (non-hydrogen) atoms. The minimum Gasteiger partial charge on any atom is -0.490 e. The van der Waals surface area contributed by atoms with Crippen molar-refractivity contribution in [2.75, 3.05) is 11.9 Å². The highest BCUT2D eigenvalue weighted by Crippen LogP contribution is 2.50. The summed E-state index contributed by atoms with van der Waals surface area (Å²) in [6.07, 6.45) is 7.63. The molecule has 6 rings (SSSR count). The van der Waals surface area contributed by atoms with Gasteiger partial charge in [0.05, 0.1) is 21.9 Å². The van der Waals surface area contributed by atoms with Crippen LogP contribution in [0.25, 0.3) is 0 Å². The highest BCUT2D eigenvalue weighted by molar-refractivity contribution is 14.1. The first-order valence-corrected chi connectivity index (χ1v) is 15.1. The highest BCUT2D eigenvalue weighted by atomic mass is 127. The van der Waals surface area contributed by atoms with E-state index >= 15 is 0 Å². The third-order valence-corrected chi connectivity index (χ3v) is 8.60. The lowest BCUT2D eigenvalue weighted by Crippen LogP contribution is -2.29. The van der Waals surface area contributed by atoms with Crippen LogP contribution in [0.1, 0.15) is 53.1 Å². The van der Waals surface area contributed by atoms with Crippen molar-refractivity contribution in [1.82, 2.24) is 0 Å². The van der Waals surface area contributed by atoms with E-state index in [1.807, 2.05) is 25.3 Å². The number of nitrogens with zero attached hydrogens (tertiary/aromatic N) is 1. The minimum atomic E-state index is -0.283. The number of benzene rings is 4. The number of fused-ring (bicyclic) bond motifs is 3. The molecule has 0 radical (unpaired) electrons. The Morgan fingerprint density at radius 3 is 2.66 bits per heavy atom. The Balaban J connectivity index is 1.18. The lowest BCUT2D eigenvalue weighted by molar-refractivity contribution is 0.264. The Bertz CT molecular complexity index is 1620. The maximum Gasteiger partial charge on any atom is 0.175 e. The molecule has 0 saturated heterocycles. The molecule has 3 atom stereocenters. The lowest BCUT2D eigenvalue weighted by atomic mass is 9.76. The molecule has 0 saturated carbocycles. The number of ether oxygens (including phenoxy) is 2. The molecular formula is C35H32FIN2O2. The fourth-order valence-electron chi connectivity index (χ4n) is 5.79. The Morgan fingerprint density at radius 1 is 1.02 bits per heavy atom. The molecule has 0 amide bonds. The molecule has 1 aliphatic heterocycles. The standard InChI is InChI=1S/C35H32FIN2O2/c1-3-40-33-19-23(18-31(37)35(33)41-21-25-7-4-5-10-30(25)36)20-38-26-14-12-24(13-15-26)34-28-9-6-8-27(28)29-17-22(2)11-16-32(29)39-34/h4-8,10-20,27-28,34,39H,3,9,21H2,1-2H3/t27-,28+,34+/m1/s1. The monoisotopic (exact) mass is 658 g/mol. The second-order valence-corrected chi connectivity index (χ2v) is 11.7. The number of aliphatic imine (C=N–C) groups is 1. The number of nitrogens with one attached hydrogen (secondary N) is 1. The minimum absolute atomic E-state index is 0.126. The molecule has 208 valence electrons. The predicted molar refractivity (Wildman–Crippen MR) is 172 cm³/mol. The summed E-state index contributed by atoms with van der Waals surface area (Å²) >= 11 is 2.23. The van der Waals surface area contributed by atoms with Gasteiger partial charge in [-0.1, -0.05) is 60.2 Å². The Kier molecular flexibility index (Phi) is 8.10. The maximum atomic E-state index is 14.1. The van der Waals surface area contributed by atoms with Crippen molar-refractivity contribution in [3.8, 4) is 11.5 Å². The van der Waals surface area contributed by atoms with E-state index in [0.717, 1.165) is 21.2 Å². The van der Waals surface area contributed by atoms with Gasteiger partial charge >= 0.3 is 0 Å². The van der Waals surface area contributed by atoms with Crippen molar-refractivity contribution < 1.29 is 13.9 Å². The maximum absolute atomic E-state index is 14.1. The van der Waals surface area contributed by atoms with Gasteiger partial charge in [0.25, 0.3) is 0 Å². The molecule has 2 aliphatic rings. The lowest BCUT2D eigenvalue weighted by Gasteiger charge is -2.37. The Hall–Kier alpha value is -3.65. The van der Waals surface area contributed by atoms with Crippen LogP contribution in [0.3, 0.4) is 0 Å². The number of anilines is 1. The molecule has 4 aromatic carbocycles. The van der Waals surface area contributed by atoms with Crippen LogP contribution in [-0.2, 0) is 6.61 Å². The van der Waals surface area contributed by atoms with E-state index in [9.17, 15) is 4.39 Å². The number of hydrogen-bond acceptors (Lipinski definition) is 4. The summed E-state index contributed by atoms with van der Waals surface area (Å²) in [4.78, 5) is 4.75. The van der Waals surface area contributed by atoms with Gasteiger partial charge in [0, 0.05) is 23.4 Å². The molecule has 0 unspecified atom stereocenters. The molecule has 1 heterocycles. The van der Waals surface area contributed by atoms with Gasteiger partial charge in [-0.05, 0) is 102 Å². The number of halogens is 2. The van der Waals surface area contributed by atoms with Gasteiger partial charge in [0.2, 0.25) is 0 Å². The molecule has 0 aromatic heterocycles. The number of aryl methyl sites for hydroxylation is 1. The molecule has 4 aromatic rings. The first-order chi connectivity index (χ1) is 20.0. The molecule has 6 heteroatoms. The van der Waals surface area contributed by atoms with Crippen molar-refractivity contribution in [3.63, 3.8) is 0 Å². The summed E-state index contributed by atoms with van der Waals surface area (Å²) in [6.45, 7) is 4.71. The topological polar surface area (TPSA) is 42.8 Å². The fourth-order valence-corrected chi connectivity index (χ4v) is 6.57. The van der Waals surface area contributed by atoms with Crippen LogP contribution in [0.2, 0.25) is 0 Å². The van der Waals surface area contributed by atoms with Gasteiger partial charge in [-0.15, -0.1) is 0 Å². The first kappa shape index (κ1) is 27.5. The summed E-state index contributed by atoms with van der Waals surface area (Å²) in [5, 5.41) is 3.82. The summed E-state index contributed by atoms with van der Waals surface area (Å²) in [6, 6.07) is 26.1. The summed E-state index contributed by atoms with van der Waals surface area (Å²) in [5.74, 6) is 1.90. The van der Waals surface area contributed by atoms with Gasteiger partial charge in [-0.2, -0.15) is 0 Å². The molecule has 0 fully saturated rings. The predicted octanol–water partition coefficient (Wildman–Crippen LogP) is 9.29. The van der Waals surface area contributed by atoms with Crippen LogP contribution in [0.15, 0.2) is 96.0 Å². The zero-order valence-corrected chi connectivity index (χ0v) is 25.3. The van der Waals surface area contributed by atoms with Crippen LogP contribution in [0, 0.1) is 22.2 Å². The number of allylic oxidation sites excluding steroid dienone is 2. The second kappa shape index (κ2) is 12.1. The quantitative estimate of drug-likeness (QED) is 0.117. The van der Waals surface area contributed by atoms with E-state index in [1.54, 1.807) is 18.2 Å².